The van der Waals surface area contributed by atoms with Crippen molar-refractivity contribution in [3.8, 4) is 0 Å². The van der Waals surface area contributed by atoms with Gasteiger partial charge in [-0.15, -0.1) is 0 Å². The molecule has 0 aliphatic heterocycles. The van der Waals surface area contributed by atoms with Crippen LogP contribution in [0, 0.1) is 0 Å². The van der Waals surface area contributed by atoms with Crippen LogP contribution in [0.1, 0.15) is 24.9 Å². The number of urea groups is 1. The lowest BCUT2D eigenvalue weighted by Gasteiger charge is -2.17. The molecule has 0 spiro atoms. The molecule has 0 fully saturated rings. The molecule has 3 N–H and O–H groups in total. The Morgan fingerprint density at radius 3 is 2.76 bits per heavy atom. The summed E-state index contributed by atoms with van der Waals surface area (Å²) in [7, 11) is 1.51. The molecular formula is C14H20Cl2N2O3. The number of methoxy groups -OCH3 is 1. The molecule has 0 radical (unpaired) electrons. The van der Waals surface area contributed by atoms with Crippen LogP contribution >= 0.6 is 23.2 Å². The van der Waals surface area contributed by atoms with Crippen LogP contribution in [-0.4, -0.2) is 37.5 Å². The second-order valence-corrected chi connectivity index (χ2v) is 5.53. The molecule has 2 unspecified atom stereocenters. The number of ether oxygens (including phenoxy) is 1. The minimum Gasteiger partial charge on any atom is -0.391 e. The average Bonchev–Trinajstić information content (AvgIpc) is 2.38. The van der Waals surface area contributed by atoms with Gasteiger partial charge in [-0.2, -0.15) is 0 Å². The third-order valence-electron chi connectivity index (χ3n) is 2.90. The van der Waals surface area contributed by atoms with Crippen LogP contribution in [-0.2, 0) is 4.74 Å². The summed E-state index contributed by atoms with van der Waals surface area (Å²) in [5, 5.41) is 16.0. The first-order valence-corrected chi connectivity index (χ1v) is 7.36. The van der Waals surface area contributed by atoms with Crippen molar-refractivity contribution in [3.05, 3.63) is 33.8 Å². The fourth-order valence-corrected chi connectivity index (χ4v) is 2.38. The summed E-state index contributed by atoms with van der Waals surface area (Å²) in [5.41, 5.74) is 0.788. The molecule has 0 aliphatic carbocycles. The number of aliphatic hydroxyl groups is 1. The van der Waals surface area contributed by atoms with Crippen molar-refractivity contribution in [2.75, 3.05) is 20.3 Å². The molecule has 1 aromatic carbocycles. The van der Waals surface area contributed by atoms with Crippen molar-refractivity contribution in [3.63, 3.8) is 0 Å². The Morgan fingerprint density at radius 2 is 2.14 bits per heavy atom. The van der Waals surface area contributed by atoms with Gasteiger partial charge in [-0.25, -0.2) is 4.79 Å². The molecular weight excluding hydrogens is 315 g/mol. The van der Waals surface area contributed by atoms with Gasteiger partial charge in [0.25, 0.3) is 0 Å². The first kappa shape index (κ1) is 18.0. The molecule has 118 valence electrons. The van der Waals surface area contributed by atoms with Gasteiger partial charge in [-0.3, -0.25) is 0 Å². The van der Waals surface area contributed by atoms with Gasteiger partial charge >= 0.3 is 6.03 Å². The van der Waals surface area contributed by atoms with Gasteiger partial charge in [0.2, 0.25) is 0 Å². The fourth-order valence-electron chi connectivity index (χ4n) is 1.81. The van der Waals surface area contributed by atoms with Gasteiger partial charge in [0.1, 0.15) is 0 Å². The first-order chi connectivity index (χ1) is 9.93. The highest BCUT2D eigenvalue weighted by molar-refractivity contribution is 6.35. The maximum atomic E-state index is 11.7. The Labute approximate surface area is 134 Å². The number of halogens is 2. The Hall–Kier alpha value is -1.01. The standard InChI is InChI=1S/C14H20Cl2N2O3/c1-9(12-4-3-10(15)7-13(12)16)18-14(20)17-6-5-11(19)8-21-2/h3-4,7,9,11,19H,5-6,8H2,1-2H3,(H2,17,18,20). The highest BCUT2D eigenvalue weighted by Crippen LogP contribution is 2.25. The van der Waals surface area contributed by atoms with Gasteiger partial charge in [-0.1, -0.05) is 29.3 Å². The monoisotopic (exact) mass is 334 g/mol. The smallest absolute Gasteiger partial charge is 0.315 e. The predicted molar refractivity (Wildman–Crippen MR) is 83.9 cm³/mol. The second kappa shape index (κ2) is 9.10. The molecule has 1 rings (SSSR count). The Morgan fingerprint density at radius 1 is 1.43 bits per heavy atom. The van der Waals surface area contributed by atoms with E-state index in [1.807, 2.05) is 6.92 Å². The zero-order chi connectivity index (χ0) is 15.8. The quantitative estimate of drug-likeness (QED) is 0.718. The lowest BCUT2D eigenvalue weighted by atomic mass is 10.1. The summed E-state index contributed by atoms with van der Waals surface area (Å²) >= 11 is 11.9. The minimum absolute atomic E-state index is 0.250. The third kappa shape index (κ3) is 6.52. The maximum Gasteiger partial charge on any atom is 0.315 e. The van der Waals surface area contributed by atoms with E-state index >= 15 is 0 Å². The second-order valence-electron chi connectivity index (χ2n) is 4.69. The number of amides is 2. The molecule has 7 heteroatoms. The molecule has 0 aromatic heterocycles. The van der Waals surface area contributed by atoms with Crippen molar-refractivity contribution in [1.29, 1.82) is 0 Å². The van der Waals surface area contributed by atoms with Crippen LogP contribution in [0.2, 0.25) is 10.0 Å². The van der Waals surface area contributed by atoms with E-state index in [1.165, 1.54) is 7.11 Å². The molecule has 2 amide bonds. The van der Waals surface area contributed by atoms with E-state index in [0.717, 1.165) is 5.56 Å². The van der Waals surface area contributed by atoms with Crippen LogP contribution in [0.5, 0.6) is 0 Å². The molecule has 0 saturated heterocycles. The molecule has 5 nitrogen and oxygen atoms in total. The molecule has 0 heterocycles. The van der Waals surface area contributed by atoms with Gasteiger partial charge in [0.05, 0.1) is 18.8 Å². The number of benzene rings is 1. The van der Waals surface area contributed by atoms with E-state index in [0.29, 0.717) is 23.0 Å². The lowest BCUT2D eigenvalue weighted by Crippen LogP contribution is -2.38. The van der Waals surface area contributed by atoms with Gasteiger partial charge in [0, 0.05) is 23.7 Å². The van der Waals surface area contributed by atoms with Gasteiger partial charge in [0.15, 0.2) is 0 Å². The van der Waals surface area contributed by atoms with E-state index in [1.54, 1.807) is 18.2 Å². The SMILES string of the molecule is COCC(O)CCNC(=O)NC(C)c1ccc(Cl)cc1Cl. The zero-order valence-corrected chi connectivity index (χ0v) is 13.5. The Bertz CT molecular complexity index is 472. The predicted octanol–water partition coefficient (Wildman–Crippen LogP) is 2.75. The Kier molecular flexibility index (Phi) is 7.82. The summed E-state index contributed by atoms with van der Waals surface area (Å²) in [6.45, 7) is 2.44. The normalized spacial score (nSPS) is 13.6. The van der Waals surface area contributed by atoms with Crippen LogP contribution in [0.15, 0.2) is 18.2 Å². The number of aliphatic hydroxyl groups excluding tert-OH is 1. The third-order valence-corrected chi connectivity index (χ3v) is 3.46. The number of hydrogen-bond acceptors (Lipinski definition) is 3. The first-order valence-electron chi connectivity index (χ1n) is 6.60. The summed E-state index contributed by atoms with van der Waals surface area (Å²) in [4.78, 5) is 11.7. The van der Waals surface area contributed by atoms with Crippen LogP contribution in [0.25, 0.3) is 0 Å². The van der Waals surface area contributed by atoms with E-state index in [-0.39, 0.29) is 18.7 Å². The molecule has 21 heavy (non-hydrogen) atoms. The molecule has 2 atom stereocenters. The van der Waals surface area contributed by atoms with Crippen molar-refractivity contribution < 1.29 is 14.6 Å². The highest BCUT2D eigenvalue weighted by Gasteiger charge is 2.13. The number of rotatable bonds is 7. The highest BCUT2D eigenvalue weighted by atomic mass is 35.5. The molecule has 0 aliphatic rings. The number of carbonyl (C=O) groups excluding carboxylic acids is 1. The van der Waals surface area contributed by atoms with Crippen molar-refractivity contribution in [1.82, 2.24) is 10.6 Å². The Balaban J connectivity index is 2.40. The zero-order valence-electron chi connectivity index (χ0n) is 12.0. The lowest BCUT2D eigenvalue weighted by molar-refractivity contribution is 0.0598. The largest absolute Gasteiger partial charge is 0.391 e. The van der Waals surface area contributed by atoms with E-state index < -0.39 is 6.10 Å². The maximum absolute atomic E-state index is 11.7. The number of carbonyl (C=O) groups is 1. The summed E-state index contributed by atoms with van der Waals surface area (Å²) in [6, 6.07) is 4.56. The average molecular weight is 335 g/mol. The summed E-state index contributed by atoms with van der Waals surface area (Å²) in [6.07, 6.45) is -0.157. The van der Waals surface area contributed by atoms with Crippen molar-refractivity contribution in [2.24, 2.45) is 0 Å². The topological polar surface area (TPSA) is 70.6 Å². The number of hydrogen-bond donors (Lipinski definition) is 3. The fraction of sp³-hybridized carbons (Fsp3) is 0.500. The van der Waals surface area contributed by atoms with Crippen molar-refractivity contribution >= 4 is 29.2 Å². The van der Waals surface area contributed by atoms with Crippen LogP contribution < -0.4 is 10.6 Å². The van der Waals surface area contributed by atoms with E-state index in [2.05, 4.69) is 10.6 Å². The van der Waals surface area contributed by atoms with Crippen LogP contribution in [0.3, 0.4) is 0 Å². The minimum atomic E-state index is -0.585. The molecule has 1 aromatic rings. The van der Waals surface area contributed by atoms with Gasteiger partial charge in [-0.05, 0) is 31.0 Å². The number of nitrogens with one attached hydrogen (secondary N) is 2. The van der Waals surface area contributed by atoms with Crippen LogP contribution in [0.4, 0.5) is 4.79 Å². The summed E-state index contributed by atoms with van der Waals surface area (Å²) < 4.78 is 4.80. The van der Waals surface area contributed by atoms with E-state index in [4.69, 9.17) is 27.9 Å². The summed E-state index contributed by atoms with van der Waals surface area (Å²) in [5.74, 6) is 0. The molecule has 0 bridgehead atoms. The van der Waals surface area contributed by atoms with Gasteiger partial charge < -0.3 is 20.5 Å². The van der Waals surface area contributed by atoms with Crippen molar-refractivity contribution in [2.45, 2.75) is 25.5 Å². The van der Waals surface area contributed by atoms with E-state index in [9.17, 15) is 9.90 Å². The molecule has 0 saturated carbocycles.